The lowest BCUT2D eigenvalue weighted by molar-refractivity contribution is -0.119. The Hall–Kier alpha value is -0.570. The van der Waals surface area contributed by atoms with Gasteiger partial charge in [-0.2, -0.15) is 0 Å². The maximum absolute atomic E-state index is 11.2. The van der Waals surface area contributed by atoms with Gasteiger partial charge in [0.1, 0.15) is 0 Å². The Morgan fingerprint density at radius 3 is 2.56 bits per heavy atom. The van der Waals surface area contributed by atoms with Crippen LogP contribution >= 0.6 is 0 Å². The van der Waals surface area contributed by atoms with Gasteiger partial charge in [-0.25, -0.2) is 0 Å². The third kappa shape index (κ3) is 3.47. The molecule has 2 rings (SSSR count). The van der Waals surface area contributed by atoms with Crippen LogP contribution in [0.3, 0.4) is 0 Å². The van der Waals surface area contributed by atoms with E-state index >= 15 is 0 Å². The second kappa shape index (κ2) is 5.60. The van der Waals surface area contributed by atoms with Crippen molar-refractivity contribution in [3.8, 4) is 0 Å². The van der Waals surface area contributed by atoms with E-state index < -0.39 is 0 Å². The summed E-state index contributed by atoms with van der Waals surface area (Å²) in [6.07, 6.45) is 7.07. The van der Waals surface area contributed by atoms with Crippen molar-refractivity contribution >= 4 is 5.91 Å². The number of nitrogens with one attached hydrogen (secondary N) is 2. The highest BCUT2D eigenvalue weighted by Gasteiger charge is 2.34. The van der Waals surface area contributed by atoms with E-state index in [1.807, 2.05) is 0 Å². The highest BCUT2D eigenvalue weighted by Crippen LogP contribution is 2.37. The van der Waals surface area contributed by atoms with Crippen LogP contribution in [0.2, 0.25) is 0 Å². The van der Waals surface area contributed by atoms with E-state index in [-0.39, 0.29) is 5.91 Å². The number of amides is 1. The number of rotatable bonds is 3. The topological polar surface area (TPSA) is 41.1 Å². The minimum atomic E-state index is 0.220. The van der Waals surface area contributed by atoms with Crippen LogP contribution in [-0.4, -0.2) is 24.5 Å². The first-order chi connectivity index (χ1) is 8.47. The van der Waals surface area contributed by atoms with Crippen molar-refractivity contribution in [3.63, 3.8) is 0 Å². The van der Waals surface area contributed by atoms with Gasteiger partial charge < -0.3 is 10.6 Å². The summed E-state index contributed by atoms with van der Waals surface area (Å²) in [5, 5.41) is 6.77. The lowest BCUT2D eigenvalue weighted by atomic mass is 9.69. The normalized spacial score (nSPS) is 33.5. The predicted octanol–water partition coefficient (Wildman–Crippen LogP) is 2.46. The summed E-state index contributed by atoms with van der Waals surface area (Å²) >= 11 is 0. The van der Waals surface area contributed by atoms with Crippen molar-refractivity contribution < 1.29 is 4.79 Å². The van der Waals surface area contributed by atoms with Crippen molar-refractivity contribution in [1.82, 2.24) is 10.6 Å². The van der Waals surface area contributed by atoms with Gasteiger partial charge >= 0.3 is 0 Å². The monoisotopic (exact) mass is 252 g/mol. The van der Waals surface area contributed by atoms with E-state index in [9.17, 15) is 4.79 Å². The first-order valence-corrected chi connectivity index (χ1v) is 7.49. The summed E-state index contributed by atoms with van der Waals surface area (Å²) in [5.74, 6) is 0.987. The Morgan fingerprint density at radius 1 is 1.22 bits per heavy atom. The van der Waals surface area contributed by atoms with Crippen molar-refractivity contribution in [2.75, 3.05) is 6.54 Å². The number of hydrogen-bond acceptors (Lipinski definition) is 2. The van der Waals surface area contributed by atoms with Crippen molar-refractivity contribution in [3.05, 3.63) is 0 Å². The Kier molecular flexibility index (Phi) is 4.31. The molecule has 0 aromatic carbocycles. The quantitative estimate of drug-likeness (QED) is 0.810. The van der Waals surface area contributed by atoms with Crippen LogP contribution in [0.25, 0.3) is 0 Å². The Labute approximate surface area is 111 Å². The zero-order valence-corrected chi connectivity index (χ0v) is 12.1. The van der Waals surface area contributed by atoms with Crippen LogP contribution in [0.5, 0.6) is 0 Å². The number of carbonyl (C=O) groups excluding carboxylic acids is 1. The van der Waals surface area contributed by atoms with E-state index in [1.54, 1.807) is 0 Å². The van der Waals surface area contributed by atoms with Crippen molar-refractivity contribution in [2.45, 2.75) is 71.4 Å². The third-order valence-corrected chi connectivity index (χ3v) is 4.59. The molecule has 104 valence electrons. The van der Waals surface area contributed by atoms with Crippen LogP contribution in [0, 0.1) is 11.3 Å². The summed E-state index contributed by atoms with van der Waals surface area (Å²) in [5.41, 5.74) is 0.386. The van der Waals surface area contributed by atoms with E-state index in [4.69, 9.17) is 0 Å². The molecule has 0 spiro atoms. The molecule has 0 radical (unpaired) electrons. The number of hydrogen-bond donors (Lipinski definition) is 2. The fourth-order valence-electron chi connectivity index (χ4n) is 3.54. The summed E-state index contributed by atoms with van der Waals surface area (Å²) < 4.78 is 0. The van der Waals surface area contributed by atoms with E-state index in [2.05, 4.69) is 31.4 Å². The zero-order valence-electron chi connectivity index (χ0n) is 12.1. The second-order valence-electron chi connectivity index (χ2n) is 7.07. The fourth-order valence-corrected chi connectivity index (χ4v) is 3.54. The molecule has 3 nitrogen and oxygen atoms in total. The molecule has 3 unspecified atom stereocenters. The minimum Gasteiger partial charge on any atom is -0.352 e. The third-order valence-electron chi connectivity index (χ3n) is 4.59. The molecular formula is C15H28N2O. The molecule has 0 bridgehead atoms. The van der Waals surface area contributed by atoms with Gasteiger partial charge in [0.15, 0.2) is 0 Å². The Bertz CT molecular complexity index is 295. The SMILES string of the molecule is CC(C)(C)C1CCCCC1NCC1CCC(=O)N1. The molecule has 2 aliphatic rings. The molecule has 1 aliphatic heterocycles. The first kappa shape index (κ1) is 13.9. The lowest BCUT2D eigenvalue weighted by Crippen LogP contribution is -2.48. The average molecular weight is 252 g/mol. The average Bonchev–Trinajstić information content (AvgIpc) is 2.72. The van der Waals surface area contributed by atoms with E-state index in [1.165, 1.54) is 25.7 Å². The molecule has 3 heteroatoms. The molecule has 0 aromatic rings. The molecule has 2 N–H and O–H groups in total. The van der Waals surface area contributed by atoms with Gasteiger partial charge in [-0.3, -0.25) is 4.79 Å². The zero-order chi connectivity index (χ0) is 13.2. The Balaban J connectivity index is 1.84. The highest BCUT2D eigenvalue weighted by atomic mass is 16.1. The smallest absolute Gasteiger partial charge is 0.220 e. The fraction of sp³-hybridized carbons (Fsp3) is 0.933. The molecule has 1 aliphatic carbocycles. The predicted molar refractivity (Wildman–Crippen MR) is 74.4 cm³/mol. The van der Waals surface area contributed by atoms with Crippen LogP contribution in [0.1, 0.15) is 59.3 Å². The molecule has 18 heavy (non-hydrogen) atoms. The van der Waals surface area contributed by atoms with Crippen molar-refractivity contribution in [2.24, 2.45) is 11.3 Å². The molecule has 2 fully saturated rings. The van der Waals surface area contributed by atoms with Gasteiger partial charge in [-0.15, -0.1) is 0 Å². The van der Waals surface area contributed by atoms with Crippen LogP contribution in [-0.2, 0) is 4.79 Å². The van der Waals surface area contributed by atoms with Gasteiger partial charge in [0.25, 0.3) is 0 Å². The molecular weight excluding hydrogens is 224 g/mol. The van der Waals surface area contributed by atoms with Gasteiger partial charge in [0, 0.05) is 25.0 Å². The standard InChI is InChI=1S/C15H28N2O/c1-15(2,3)12-6-4-5-7-13(12)16-10-11-8-9-14(18)17-11/h11-13,16H,4-10H2,1-3H3,(H,17,18). The van der Waals surface area contributed by atoms with Gasteiger partial charge in [-0.1, -0.05) is 33.6 Å². The summed E-state index contributed by atoms with van der Waals surface area (Å²) in [4.78, 5) is 11.2. The maximum Gasteiger partial charge on any atom is 0.220 e. The molecule has 1 heterocycles. The molecule has 1 saturated heterocycles. The van der Waals surface area contributed by atoms with Gasteiger partial charge in [0.2, 0.25) is 5.91 Å². The molecule has 3 atom stereocenters. The Morgan fingerprint density at radius 2 is 1.94 bits per heavy atom. The molecule has 1 amide bonds. The second-order valence-corrected chi connectivity index (χ2v) is 7.07. The highest BCUT2D eigenvalue weighted by molar-refractivity contribution is 5.78. The van der Waals surface area contributed by atoms with Crippen LogP contribution in [0.4, 0.5) is 0 Å². The van der Waals surface area contributed by atoms with E-state index in [0.717, 1.165) is 18.9 Å². The molecule has 1 saturated carbocycles. The van der Waals surface area contributed by atoms with E-state index in [0.29, 0.717) is 23.9 Å². The summed E-state index contributed by atoms with van der Waals surface area (Å²) in [6, 6.07) is 0.997. The minimum absolute atomic E-state index is 0.220. The van der Waals surface area contributed by atoms with Gasteiger partial charge in [0.05, 0.1) is 0 Å². The van der Waals surface area contributed by atoms with Gasteiger partial charge in [-0.05, 0) is 30.6 Å². The summed E-state index contributed by atoms with van der Waals surface area (Å²) in [6.45, 7) is 8.02. The van der Waals surface area contributed by atoms with Crippen LogP contribution in [0.15, 0.2) is 0 Å². The maximum atomic E-state index is 11.2. The summed E-state index contributed by atoms with van der Waals surface area (Å²) in [7, 11) is 0. The first-order valence-electron chi connectivity index (χ1n) is 7.49. The molecule has 0 aromatic heterocycles. The lowest BCUT2D eigenvalue weighted by Gasteiger charge is -2.41. The largest absolute Gasteiger partial charge is 0.352 e. The van der Waals surface area contributed by atoms with Crippen LogP contribution < -0.4 is 10.6 Å². The number of carbonyl (C=O) groups is 1. The van der Waals surface area contributed by atoms with Crippen molar-refractivity contribution in [1.29, 1.82) is 0 Å².